The number of nitrogens with zero attached hydrogens (tertiary/aromatic N) is 2. The highest BCUT2D eigenvalue weighted by Gasteiger charge is 2.30. The van der Waals surface area contributed by atoms with Gasteiger partial charge >= 0.3 is 0 Å². The highest BCUT2D eigenvalue weighted by Crippen LogP contribution is 2.32. The average molecular weight is 344 g/mol. The zero-order valence-electron chi connectivity index (χ0n) is 14.7. The lowest BCUT2D eigenvalue weighted by atomic mass is 9.96. The van der Waals surface area contributed by atoms with Gasteiger partial charge in [-0.05, 0) is 38.7 Å². The van der Waals surface area contributed by atoms with Crippen LogP contribution in [-0.4, -0.2) is 40.1 Å². The smallest absolute Gasteiger partial charge is 0.265 e. The molecule has 0 aliphatic carbocycles. The van der Waals surface area contributed by atoms with E-state index in [1.54, 1.807) is 4.90 Å². The number of β-amino-alcohol motifs (C(OH)–C–C–N with tert-alkyl or cyclic N) is 1. The number of piperidine rings is 1. The molecule has 0 saturated carbocycles. The van der Waals surface area contributed by atoms with E-state index in [-0.39, 0.29) is 11.8 Å². The molecule has 0 spiro atoms. The molecule has 1 aliphatic heterocycles. The molecule has 2 unspecified atom stereocenters. The molecule has 0 bridgehead atoms. The number of carbonyl (C=O) groups is 1. The van der Waals surface area contributed by atoms with E-state index in [1.807, 2.05) is 13.8 Å². The van der Waals surface area contributed by atoms with Gasteiger partial charge in [0, 0.05) is 18.7 Å². The number of carbonyl (C=O) groups excluding carboxylic acids is 1. The Morgan fingerprint density at radius 2 is 2.08 bits per heavy atom. The number of aromatic nitrogens is 1. The second-order valence-corrected chi connectivity index (χ2v) is 7.84. The van der Waals surface area contributed by atoms with Crippen LogP contribution in [-0.2, 0) is 0 Å². The number of hydrogen-bond acceptors (Lipinski definition) is 4. The zero-order valence-corrected chi connectivity index (χ0v) is 15.5. The summed E-state index contributed by atoms with van der Waals surface area (Å²) in [7, 11) is 0. The predicted molar refractivity (Wildman–Crippen MR) is 97.5 cm³/mol. The second-order valence-electron chi connectivity index (χ2n) is 6.84. The Labute approximate surface area is 147 Å². The molecular weight excluding hydrogens is 320 g/mol. The number of hydrogen-bond donors (Lipinski definition) is 1. The lowest BCUT2D eigenvalue weighted by molar-refractivity contribution is 0.0251. The van der Waals surface area contributed by atoms with Gasteiger partial charge in [0.1, 0.15) is 9.88 Å². The minimum atomic E-state index is -0.435. The predicted octanol–water partition coefficient (Wildman–Crippen LogP) is 3.58. The van der Waals surface area contributed by atoms with Gasteiger partial charge in [-0.3, -0.25) is 4.79 Å². The van der Waals surface area contributed by atoms with Crippen LogP contribution < -0.4 is 0 Å². The third-order valence-electron chi connectivity index (χ3n) is 4.81. The van der Waals surface area contributed by atoms with Crippen molar-refractivity contribution in [2.24, 2.45) is 5.92 Å². The van der Waals surface area contributed by atoms with Gasteiger partial charge in [-0.15, -0.1) is 11.3 Å². The third-order valence-corrected chi connectivity index (χ3v) is 5.99. The van der Waals surface area contributed by atoms with Crippen molar-refractivity contribution >= 4 is 17.2 Å². The lowest BCUT2D eigenvalue weighted by Crippen LogP contribution is -2.45. The summed E-state index contributed by atoms with van der Waals surface area (Å²) in [5.74, 6) is 0.245. The highest BCUT2D eigenvalue weighted by atomic mass is 32.1. The molecule has 0 radical (unpaired) electrons. The van der Waals surface area contributed by atoms with Crippen molar-refractivity contribution < 1.29 is 9.90 Å². The molecule has 1 aromatic carbocycles. The molecule has 1 N–H and O–H groups in total. The topological polar surface area (TPSA) is 53.4 Å². The minimum absolute atomic E-state index is 0.00744. The first-order valence-electron chi connectivity index (χ1n) is 8.39. The standard InChI is InChI=1S/C19H24N2O2S/c1-11-5-6-15(13(3)9-11)18-20-14(4)17(24-18)19(23)21-8-7-12(2)16(22)10-21/h5-6,9,12,16,22H,7-8,10H2,1-4H3. The van der Waals surface area contributed by atoms with E-state index in [0.29, 0.717) is 18.0 Å². The van der Waals surface area contributed by atoms with Gasteiger partial charge in [-0.1, -0.05) is 30.7 Å². The van der Waals surface area contributed by atoms with E-state index in [2.05, 4.69) is 37.0 Å². The summed E-state index contributed by atoms with van der Waals surface area (Å²) in [6.45, 7) is 9.18. The van der Waals surface area contributed by atoms with Crippen LogP contribution >= 0.6 is 11.3 Å². The summed E-state index contributed by atoms with van der Waals surface area (Å²) in [4.78, 5) is 19.9. The van der Waals surface area contributed by atoms with Gasteiger partial charge in [-0.2, -0.15) is 0 Å². The number of amides is 1. The first-order valence-corrected chi connectivity index (χ1v) is 9.21. The van der Waals surface area contributed by atoms with Crippen molar-refractivity contribution in [3.05, 3.63) is 39.9 Å². The first kappa shape index (κ1) is 17.1. The van der Waals surface area contributed by atoms with Crippen molar-refractivity contribution in [1.29, 1.82) is 0 Å². The van der Waals surface area contributed by atoms with Crippen LogP contribution in [0.25, 0.3) is 10.6 Å². The number of aliphatic hydroxyl groups excluding tert-OH is 1. The van der Waals surface area contributed by atoms with Crippen LogP contribution in [0.2, 0.25) is 0 Å². The number of likely N-dealkylation sites (tertiary alicyclic amines) is 1. The molecular formula is C19H24N2O2S. The zero-order chi connectivity index (χ0) is 17.4. The van der Waals surface area contributed by atoms with Gasteiger partial charge in [-0.25, -0.2) is 4.98 Å². The third kappa shape index (κ3) is 3.23. The number of aryl methyl sites for hydroxylation is 3. The van der Waals surface area contributed by atoms with Crippen molar-refractivity contribution in [2.75, 3.05) is 13.1 Å². The summed E-state index contributed by atoms with van der Waals surface area (Å²) in [6, 6.07) is 6.28. The maximum Gasteiger partial charge on any atom is 0.265 e. The van der Waals surface area contributed by atoms with Crippen LogP contribution in [0.4, 0.5) is 0 Å². The lowest BCUT2D eigenvalue weighted by Gasteiger charge is -2.34. The normalized spacial score (nSPS) is 21.1. The number of aliphatic hydroxyl groups is 1. The summed E-state index contributed by atoms with van der Waals surface area (Å²) in [5.41, 5.74) is 4.25. The van der Waals surface area contributed by atoms with Gasteiger partial charge in [0.25, 0.3) is 5.91 Å². The van der Waals surface area contributed by atoms with E-state index in [1.165, 1.54) is 22.5 Å². The Hall–Kier alpha value is -1.72. The van der Waals surface area contributed by atoms with Crippen molar-refractivity contribution in [2.45, 2.75) is 40.2 Å². The Morgan fingerprint density at radius 3 is 2.75 bits per heavy atom. The van der Waals surface area contributed by atoms with Crippen LogP contribution in [0.15, 0.2) is 18.2 Å². The Kier molecular flexibility index (Phi) is 4.74. The van der Waals surface area contributed by atoms with Crippen LogP contribution in [0.3, 0.4) is 0 Å². The van der Waals surface area contributed by atoms with Crippen LogP contribution in [0.1, 0.15) is 39.8 Å². The molecule has 1 fully saturated rings. The quantitative estimate of drug-likeness (QED) is 0.906. The second kappa shape index (κ2) is 6.65. The molecule has 1 aromatic heterocycles. The van der Waals surface area contributed by atoms with Gasteiger partial charge in [0.2, 0.25) is 0 Å². The molecule has 1 amide bonds. The summed E-state index contributed by atoms with van der Waals surface area (Å²) < 4.78 is 0. The van der Waals surface area contributed by atoms with Crippen LogP contribution in [0.5, 0.6) is 0 Å². The summed E-state index contributed by atoms with van der Waals surface area (Å²) in [5, 5.41) is 10.9. The van der Waals surface area contributed by atoms with E-state index in [0.717, 1.165) is 22.7 Å². The Morgan fingerprint density at radius 1 is 1.33 bits per heavy atom. The molecule has 128 valence electrons. The molecule has 24 heavy (non-hydrogen) atoms. The molecule has 3 rings (SSSR count). The number of rotatable bonds is 2. The largest absolute Gasteiger partial charge is 0.391 e. The van der Waals surface area contributed by atoms with Crippen LogP contribution in [0, 0.1) is 26.7 Å². The van der Waals surface area contributed by atoms with Gasteiger partial charge < -0.3 is 10.0 Å². The van der Waals surface area contributed by atoms with E-state index >= 15 is 0 Å². The monoisotopic (exact) mass is 344 g/mol. The maximum atomic E-state index is 12.8. The molecule has 5 heteroatoms. The molecule has 4 nitrogen and oxygen atoms in total. The molecule has 2 heterocycles. The molecule has 2 aromatic rings. The number of thiazole rings is 1. The molecule has 2 atom stereocenters. The minimum Gasteiger partial charge on any atom is -0.391 e. The van der Waals surface area contributed by atoms with E-state index in [4.69, 9.17) is 0 Å². The van der Waals surface area contributed by atoms with Gasteiger partial charge in [0.05, 0.1) is 11.8 Å². The fourth-order valence-corrected chi connectivity index (χ4v) is 4.27. The molecule has 1 aliphatic rings. The first-order chi connectivity index (χ1) is 11.4. The Balaban J connectivity index is 1.87. The number of benzene rings is 1. The van der Waals surface area contributed by atoms with E-state index < -0.39 is 6.10 Å². The average Bonchev–Trinajstić information content (AvgIpc) is 2.91. The fraction of sp³-hybridized carbons (Fsp3) is 0.474. The van der Waals surface area contributed by atoms with Crippen molar-refractivity contribution in [3.63, 3.8) is 0 Å². The SMILES string of the molecule is Cc1ccc(-c2nc(C)c(C(=O)N3CCC(C)C(O)C3)s2)c(C)c1. The van der Waals surface area contributed by atoms with Crippen molar-refractivity contribution in [1.82, 2.24) is 9.88 Å². The highest BCUT2D eigenvalue weighted by molar-refractivity contribution is 7.17. The molecule has 1 saturated heterocycles. The van der Waals surface area contributed by atoms with Gasteiger partial charge in [0.15, 0.2) is 0 Å². The maximum absolute atomic E-state index is 12.8. The fourth-order valence-electron chi connectivity index (χ4n) is 3.14. The Bertz CT molecular complexity index is 769. The van der Waals surface area contributed by atoms with E-state index in [9.17, 15) is 9.90 Å². The summed E-state index contributed by atoms with van der Waals surface area (Å²) in [6.07, 6.45) is 0.407. The summed E-state index contributed by atoms with van der Waals surface area (Å²) >= 11 is 1.45. The van der Waals surface area contributed by atoms with Crippen molar-refractivity contribution in [3.8, 4) is 10.6 Å².